The van der Waals surface area contributed by atoms with Gasteiger partial charge in [0, 0.05) is 19.0 Å². The van der Waals surface area contributed by atoms with Crippen molar-refractivity contribution in [3.8, 4) is 0 Å². The van der Waals surface area contributed by atoms with Crippen molar-refractivity contribution < 1.29 is 13.9 Å². The predicted molar refractivity (Wildman–Crippen MR) is 58.8 cm³/mol. The third-order valence-electron chi connectivity index (χ3n) is 3.24. The molecule has 0 aromatic heterocycles. The third-order valence-corrected chi connectivity index (χ3v) is 3.24. The summed E-state index contributed by atoms with van der Waals surface area (Å²) >= 11 is 0. The molecule has 1 saturated heterocycles. The van der Waals surface area contributed by atoms with Crippen LogP contribution in [-0.2, 0) is 9.53 Å². The molecule has 1 amide bonds. The Morgan fingerprint density at radius 2 is 2.38 bits per heavy atom. The molecule has 1 heterocycles. The molecule has 2 unspecified atom stereocenters. The molecule has 4 heteroatoms. The fraction of sp³-hybridized carbons (Fsp3) is 0.750. The molecule has 3 nitrogen and oxygen atoms in total. The van der Waals surface area contributed by atoms with Gasteiger partial charge in [-0.2, -0.15) is 0 Å². The number of halogens is 1. The van der Waals surface area contributed by atoms with E-state index in [-0.39, 0.29) is 11.8 Å². The fourth-order valence-electron chi connectivity index (χ4n) is 2.29. The molecule has 2 rings (SSSR count). The van der Waals surface area contributed by atoms with Crippen LogP contribution in [-0.4, -0.2) is 43.3 Å². The summed E-state index contributed by atoms with van der Waals surface area (Å²) in [4.78, 5) is 13.9. The van der Waals surface area contributed by atoms with Crippen molar-refractivity contribution in [2.75, 3.05) is 26.4 Å². The van der Waals surface area contributed by atoms with Gasteiger partial charge in [0.25, 0.3) is 0 Å². The smallest absolute Gasteiger partial charge is 0.226 e. The molecule has 2 aliphatic rings. The van der Waals surface area contributed by atoms with Crippen LogP contribution in [0.1, 0.15) is 19.3 Å². The van der Waals surface area contributed by atoms with Gasteiger partial charge in [-0.1, -0.05) is 12.2 Å². The Balaban J connectivity index is 1.90. The van der Waals surface area contributed by atoms with Crippen LogP contribution >= 0.6 is 0 Å². The lowest BCUT2D eigenvalue weighted by Gasteiger charge is -2.34. The molecule has 1 fully saturated rings. The Labute approximate surface area is 95.3 Å². The zero-order valence-electron chi connectivity index (χ0n) is 9.40. The monoisotopic (exact) mass is 227 g/mol. The first-order valence-corrected chi connectivity index (χ1v) is 5.92. The number of ether oxygens (including phenoxy) is 1. The SMILES string of the molecule is O=C(C1CC=CCC1)N1CCOC(CF)C1. The maximum Gasteiger partial charge on any atom is 0.226 e. The molecular weight excluding hydrogens is 209 g/mol. The van der Waals surface area contributed by atoms with Crippen LogP contribution in [0.15, 0.2) is 12.2 Å². The number of rotatable bonds is 2. The van der Waals surface area contributed by atoms with E-state index in [1.807, 2.05) is 0 Å². The molecule has 16 heavy (non-hydrogen) atoms. The van der Waals surface area contributed by atoms with Crippen molar-refractivity contribution >= 4 is 5.91 Å². The molecule has 0 N–H and O–H groups in total. The molecule has 1 aliphatic carbocycles. The van der Waals surface area contributed by atoms with Gasteiger partial charge in [-0.3, -0.25) is 4.79 Å². The van der Waals surface area contributed by atoms with Gasteiger partial charge in [0.05, 0.1) is 6.61 Å². The minimum atomic E-state index is -0.506. The van der Waals surface area contributed by atoms with E-state index in [1.165, 1.54) is 0 Å². The van der Waals surface area contributed by atoms with Gasteiger partial charge in [-0.25, -0.2) is 4.39 Å². The number of nitrogens with zero attached hydrogens (tertiary/aromatic N) is 1. The Morgan fingerprint density at radius 3 is 3.06 bits per heavy atom. The average molecular weight is 227 g/mol. The van der Waals surface area contributed by atoms with Crippen molar-refractivity contribution in [3.05, 3.63) is 12.2 Å². The largest absolute Gasteiger partial charge is 0.372 e. The number of morpholine rings is 1. The van der Waals surface area contributed by atoms with Crippen molar-refractivity contribution in [3.63, 3.8) is 0 Å². The number of carbonyl (C=O) groups excluding carboxylic acids is 1. The van der Waals surface area contributed by atoms with E-state index in [9.17, 15) is 9.18 Å². The molecule has 0 saturated carbocycles. The number of hydrogen-bond donors (Lipinski definition) is 0. The van der Waals surface area contributed by atoms with Crippen molar-refractivity contribution in [2.24, 2.45) is 5.92 Å². The van der Waals surface area contributed by atoms with Crippen LogP contribution in [0.25, 0.3) is 0 Å². The second kappa shape index (κ2) is 5.43. The van der Waals surface area contributed by atoms with Crippen LogP contribution in [0.5, 0.6) is 0 Å². The zero-order chi connectivity index (χ0) is 11.4. The highest BCUT2D eigenvalue weighted by atomic mass is 19.1. The van der Waals surface area contributed by atoms with Crippen LogP contribution < -0.4 is 0 Å². The molecule has 1 aliphatic heterocycles. The highest BCUT2D eigenvalue weighted by Crippen LogP contribution is 2.21. The van der Waals surface area contributed by atoms with Crippen LogP contribution in [0.2, 0.25) is 0 Å². The first-order chi connectivity index (χ1) is 7.81. The number of hydrogen-bond acceptors (Lipinski definition) is 2. The molecule has 90 valence electrons. The summed E-state index contributed by atoms with van der Waals surface area (Å²) in [6.07, 6.45) is 6.50. The van der Waals surface area contributed by atoms with E-state index in [1.54, 1.807) is 4.90 Å². The minimum absolute atomic E-state index is 0.100. The lowest BCUT2D eigenvalue weighted by Crippen LogP contribution is -2.48. The Kier molecular flexibility index (Phi) is 3.93. The average Bonchev–Trinajstić information content (AvgIpc) is 2.39. The van der Waals surface area contributed by atoms with Gasteiger partial charge in [0.1, 0.15) is 12.8 Å². The van der Waals surface area contributed by atoms with Gasteiger partial charge in [-0.15, -0.1) is 0 Å². The Morgan fingerprint density at radius 1 is 1.50 bits per heavy atom. The number of carbonyl (C=O) groups is 1. The normalized spacial score (nSPS) is 30.4. The Hall–Kier alpha value is -0.900. The molecular formula is C12H18FNO2. The highest BCUT2D eigenvalue weighted by Gasteiger charge is 2.29. The molecule has 0 bridgehead atoms. The molecule has 0 spiro atoms. The summed E-state index contributed by atoms with van der Waals surface area (Å²) in [5.74, 6) is 0.273. The summed E-state index contributed by atoms with van der Waals surface area (Å²) in [7, 11) is 0. The third kappa shape index (κ3) is 2.61. The molecule has 2 atom stereocenters. The summed E-state index contributed by atoms with van der Waals surface area (Å²) < 4.78 is 17.7. The van der Waals surface area contributed by atoms with E-state index in [0.29, 0.717) is 19.7 Å². The van der Waals surface area contributed by atoms with E-state index >= 15 is 0 Å². The second-order valence-corrected chi connectivity index (χ2v) is 4.41. The fourth-order valence-corrected chi connectivity index (χ4v) is 2.29. The van der Waals surface area contributed by atoms with E-state index in [2.05, 4.69) is 12.2 Å². The zero-order valence-corrected chi connectivity index (χ0v) is 9.40. The van der Waals surface area contributed by atoms with Gasteiger partial charge in [0.15, 0.2) is 0 Å². The van der Waals surface area contributed by atoms with Gasteiger partial charge in [-0.05, 0) is 19.3 Å². The van der Waals surface area contributed by atoms with Crippen molar-refractivity contribution in [1.82, 2.24) is 4.90 Å². The maximum atomic E-state index is 12.5. The number of allylic oxidation sites excluding steroid dienone is 2. The van der Waals surface area contributed by atoms with Gasteiger partial charge in [0.2, 0.25) is 5.91 Å². The molecule has 0 aromatic carbocycles. The van der Waals surface area contributed by atoms with Gasteiger partial charge >= 0.3 is 0 Å². The van der Waals surface area contributed by atoms with Crippen LogP contribution in [0.4, 0.5) is 4.39 Å². The topological polar surface area (TPSA) is 29.5 Å². The maximum absolute atomic E-state index is 12.5. The quantitative estimate of drug-likeness (QED) is 0.670. The lowest BCUT2D eigenvalue weighted by molar-refractivity contribution is -0.143. The first kappa shape index (κ1) is 11.6. The molecule has 0 aromatic rings. The van der Waals surface area contributed by atoms with Crippen LogP contribution in [0.3, 0.4) is 0 Å². The van der Waals surface area contributed by atoms with Crippen LogP contribution in [0, 0.1) is 5.92 Å². The van der Waals surface area contributed by atoms with E-state index in [4.69, 9.17) is 4.74 Å². The Bertz CT molecular complexity index is 280. The summed E-state index contributed by atoms with van der Waals surface area (Å²) in [6, 6.07) is 0. The predicted octanol–water partition coefficient (Wildman–Crippen LogP) is 1.54. The second-order valence-electron chi connectivity index (χ2n) is 4.41. The number of amides is 1. The van der Waals surface area contributed by atoms with E-state index in [0.717, 1.165) is 19.3 Å². The summed E-state index contributed by atoms with van der Waals surface area (Å²) in [6.45, 7) is 0.975. The lowest BCUT2D eigenvalue weighted by atomic mass is 9.93. The number of alkyl halides is 1. The summed E-state index contributed by atoms with van der Waals surface area (Å²) in [5, 5.41) is 0. The van der Waals surface area contributed by atoms with Gasteiger partial charge < -0.3 is 9.64 Å². The standard InChI is InChI=1S/C12H18FNO2/c13-8-11-9-14(6-7-16-11)12(15)10-4-2-1-3-5-10/h1-2,10-11H,3-9H2. The van der Waals surface area contributed by atoms with E-state index < -0.39 is 12.8 Å². The minimum Gasteiger partial charge on any atom is -0.372 e. The van der Waals surface area contributed by atoms with Crippen molar-refractivity contribution in [2.45, 2.75) is 25.4 Å². The highest BCUT2D eigenvalue weighted by molar-refractivity contribution is 5.79. The first-order valence-electron chi connectivity index (χ1n) is 5.92. The molecule has 0 radical (unpaired) electrons. The van der Waals surface area contributed by atoms with Crippen molar-refractivity contribution in [1.29, 1.82) is 0 Å². The summed E-state index contributed by atoms with van der Waals surface area (Å²) in [5.41, 5.74) is 0.